The number of aliphatic imine (C=N–C) groups is 1. The van der Waals surface area contributed by atoms with Gasteiger partial charge in [-0.1, -0.05) is 61.3 Å². The molecule has 202 valence electrons. The first-order valence-electron chi connectivity index (χ1n) is 13.0. The normalized spacial score (nSPS) is 27.3. The Morgan fingerprint density at radius 1 is 1.13 bits per heavy atom. The summed E-state index contributed by atoms with van der Waals surface area (Å²) in [5.74, 6) is 0.0344. The zero-order chi connectivity index (χ0) is 27.4. The van der Waals surface area contributed by atoms with Crippen LogP contribution in [0.1, 0.15) is 44.9 Å². The first kappa shape index (κ1) is 27.5. The van der Waals surface area contributed by atoms with Crippen LogP contribution in [0, 0.1) is 5.92 Å². The number of likely N-dealkylation sites (N-methyl/N-ethyl adjacent to an activating group) is 2. The Bertz CT molecular complexity index is 1280. The lowest BCUT2D eigenvalue weighted by atomic mass is 9.81. The predicted octanol–water partition coefficient (Wildman–Crippen LogP) is 5.76. The average molecular weight is 574 g/mol. The maximum atomic E-state index is 14.1. The maximum Gasteiger partial charge on any atom is 0.262 e. The zero-order valence-electron chi connectivity index (χ0n) is 22.4. The minimum atomic E-state index is -0.607. The molecule has 0 radical (unpaired) electrons. The highest BCUT2D eigenvalue weighted by Crippen LogP contribution is 2.56. The predicted molar refractivity (Wildman–Crippen MR) is 156 cm³/mol. The number of thioether (sulfide) groups is 1. The molecule has 1 fully saturated rings. The van der Waals surface area contributed by atoms with Crippen molar-refractivity contribution in [2.24, 2.45) is 10.9 Å². The number of aliphatic hydroxyl groups excluding tert-OH is 1. The number of hydrogen-bond donors (Lipinski definition) is 1. The number of nitrogens with zero attached hydrogens (tertiary/aromatic N) is 4. The molecule has 6 nitrogen and oxygen atoms in total. The number of allylic oxidation sites excluding steroid dienone is 1. The third-order valence-corrected chi connectivity index (χ3v) is 9.37. The summed E-state index contributed by atoms with van der Waals surface area (Å²) in [5, 5.41) is 12.9. The van der Waals surface area contributed by atoms with Crippen molar-refractivity contribution in [1.29, 1.82) is 0 Å². The molecular weight excluding hydrogens is 539 g/mol. The smallest absolute Gasteiger partial charge is 0.262 e. The van der Waals surface area contributed by atoms with Gasteiger partial charge in [-0.05, 0) is 74.0 Å². The van der Waals surface area contributed by atoms with E-state index in [1.165, 1.54) is 11.8 Å². The number of benzene rings is 2. The maximum absolute atomic E-state index is 14.1. The lowest BCUT2D eigenvalue weighted by molar-refractivity contribution is -0.130. The van der Waals surface area contributed by atoms with Gasteiger partial charge in [-0.15, -0.1) is 0 Å². The summed E-state index contributed by atoms with van der Waals surface area (Å²) in [6, 6.07) is 15.4. The second kappa shape index (κ2) is 10.5. The van der Waals surface area contributed by atoms with Crippen molar-refractivity contribution in [3.63, 3.8) is 0 Å². The molecule has 3 aliphatic rings. The van der Waals surface area contributed by atoms with E-state index in [-0.39, 0.29) is 23.9 Å². The average Bonchev–Trinajstić information content (AvgIpc) is 3.49. The van der Waals surface area contributed by atoms with Gasteiger partial charge in [-0.3, -0.25) is 4.79 Å². The molecule has 38 heavy (non-hydrogen) atoms. The van der Waals surface area contributed by atoms with Crippen molar-refractivity contribution in [3.05, 3.63) is 80.3 Å². The molecule has 0 bridgehead atoms. The number of aliphatic hydroxyl groups is 1. The van der Waals surface area contributed by atoms with Crippen LogP contribution in [-0.2, 0) is 10.3 Å². The SMILES string of the molecule is CCN(C(=O)C1=C(C(C)C)N2C(=N[C@@](C)(c3ccc(Cl)cc3)[C@H]2c2ccc(Cl)cc2)S1)[C@@H]1CN(C)C[C@@H]1O. The largest absolute Gasteiger partial charge is 0.390 e. The van der Waals surface area contributed by atoms with Gasteiger partial charge in [-0.25, -0.2) is 4.99 Å². The molecule has 2 aromatic rings. The third-order valence-electron chi connectivity index (χ3n) is 7.81. The number of halogens is 2. The highest BCUT2D eigenvalue weighted by molar-refractivity contribution is 8.18. The van der Waals surface area contributed by atoms with Crippen LogP contribution in [0.15, 0.2) is 64.1 Å². The molecule has 4 atom stereocenters. The van der Waals surface area contributed by atoms with Gasteiger partial charge in [0.05, 0.1) is 18.2 Å². The fraction of sp³-hybridized carbons (Fsp3) is 0.448. The molecule has 5 rings (SSSR count). The summed E-state index contributed by atoms with van der Waals surface area (Å²) in [4.78, 5) is 26.3. The van der Waals surface area contributed by atoms with Gasteiger partial charge in [-0.2, -0.15) is 0 Å². The standard InChI is InChI=1S/C29H34Cl2N4O2S/c1-6-34(22-15-33(5)16-23(22)36)27(37)25-24(17(2)3)35-26(18-7-11-20(30)12-8-18)29(4,32-28(35)38-25)19-9-13-21(31)14-10-19/h7-14,17,22-23,26,36H,6,15-16H2,1-5H3/t22-,23+,26-,29+/m1/s1. The topological polar surface area (TPSA) is 59.4 Å². The number of amidine groups is 1. The van der Waals surface area contributed by atoms with Gasteiger partial charge in [0.25, 0.3) is 5.91 Å². The fourth-order valence-corrected chi connectivity index (χ4v) is 7.60. The summed E-state index contributed by atoms with van der Waals surface area (Å²) in [7, 11) is 1.98. The van der Waals surface area contributed by atoms with Gasteiger partial charge in [0.1, 0.15) is 10.4 Å². The lowest BCUT2D eigenvalue weighted by Crippen LogP contribution is -2.47. The molecule has 0 aliphatic carbocycles. The summed E-state index contributed by atoms with van der Waals surface area (Å²) < 4.78 is 0. The van der Waals surface area contributed by atoms with Crippen LogP contribution in [-0.4, -0.2) is 69.7 Å². The fourth-order valence-electron chi connectivity index (χ4n) is 5.99. The third kappa shape index (κ3) is 4.66. The van der Waals surface area contributed by atoms with Gasteiger partial charge < -0.3 is 19.8 Å². The van der Waals surface area contributed by atoms with E-state index in [9.17, 15) is 9.90 Å². The van der Waals surface area contributed by atoms with Crippen molar-refractivity contribution in [2.75, 3.05) is 26.7 Å². The molecule has 9 heteroatoms. The Hall–Kier alpha value is -2.03. The molecule has 1 saturated heterocycles. The van der Waals surface area contributed by atoms with Crippen molar-refractivity contribution in [2.45, 2.75) is 51.4 Å². The van der Waals surface area contributed by atoms with Crippen LogP contribution in [0.25, 0.3) is 0 Å². The second-order valence-corrected chi connectivity index (χ2v) is 12.6. The molecule has 3 aliphatic heterocycles. The van der Waals surface area contributed by atoms with Crippen LogP contribution in [0.5, 0.6) is 0 Å². The molecule has 0 spiro atoms. The number of rotatable bonds is 6. The molecule has 0 unspecified atom stereocenters. The Balaban J connectivity index is 1.61. The highest BCUT2D eigenvalue weighted by Gasteiger charge is 2.53. The first-order valence-corrected chi connectivity index (χ1v) is 14.6. The van der Waals surface area contributed by atoms with Crippen LogP contribution >= 0.6 is 35.0 Å². The molecule has 1 N–H and O–H groups in total. The van der Waals surface area contributed by atoms with E-state index >= 15 is 0 Å². The summed E-state index contributed by atoms with van der Waals surface area (Å²) >= 11 is 13.9. The first-order chi connectivity index (χ1) is 18.0. The number of likely N-dealkylation sites (tertiary alicyclic amines) is 1. The van der Waals surface area contributed by atoms with Crippen LogP contribution in [0.2, 0.25) is 10.0 Å². The zero-order valence-corrected chi connectivity index (χ0v) is 24.7. The van der Waals surface area contributed by atoms with Crippen LogP contribution in [0.3, 0.4) is 0 Å². The quantitative estimate of drug-likeness (QED) is 0.477. The number of hydrogen-bond acceptors (Lipinski definition) is 6. The van der Waals surface area contributed by atoms with E-state index in [0.717, 1.165) is 22.0 Å². The Morgan fingerprint density at radius 3 is 2.26 bits per heavy atom. The van der Waals surface area contributed by atoms with Gasteiger partial charge >= 0.3 is 0 Å². The van der Waals surface area contributed by atoms with Gasteiger partial charge in [0.2, 0.25) is 0 Å². The Morgan fingerprint density at radius 2 is 1.74 bits per heavy atom. The van der Waals surface area contributed by atoms with E-state index in [1.54, 1.807) is 0 Å². The number of carbonyl (C=O) groups excluding carboxylic acids is 1. The summed E-state index contributed by atoms with van der Waals surface area (Å²) in [5.41, 5.74) is 2.48. The number of amides is 1. The van der Waals surface area contributed by atoms with Gasteiger partial charge in [0.15, 0.2) is 5.17 Å². The van der Waals surface area contributed by atoms with Gasteiger partial charge in [0, 0.05) is 35.4 Å². The van der Waals surface area contributed by atoms with Crippen molar-refractivity contribution < 1.29 is 9.90 Å². The second-order valence-electron chi connectivity index (χ2n) is 10.8. The van der Waals surface area contributed by atoms with E-state index in [1.807, 2.05) is 67.4 Å². The number of carbonyl (C=O) groups is 1. The minimum absolute atomic E-state index is 0.0410. The molecule has 3 heterocycles. The monoisotopic (exact) mass is 572 g/mol. The molecular formula is C29H34Cl2N4O2S. The highest BCUT2D eigenvalue weighted by atomic mass is 35.5. The number of fused-ring (bicyclic) bond motifs is 1. The van der Waals surface area contributed by atoms with E-state index < -0.39 is 11.6 Å². The minimum Gasteiger partial charge on any atom is -0.390 e. The van der Waals surface area contributed by atoms with Crippen molar-refractivity contribution >= 4 is 46.0 Å². The Labute approximate surface area is 239 Å². The summed E-state index contributed by atoms with van der Waals surface area (Å²) in [6.07, 6.45) is -0.564. The van der Waals surface area contributed by atoms with E-state index in [2.05, 4.69) is 30.6 Å². The summed E-state index contributed by atoms with van der Waals surface area (Å²) in [6.45, 7) is 10.1. The van der Waals surface area contributed by atoms with Crippen molar-refractivity contribution in [1.82, 2.24) is 14.7 Å². The van der Waals surface area contributed by atoms with E-state index in [0.29, 0.717) is 34.6 Å². The van der Waals surface area contributed by atoms with Crippen LogP contribution < -0.4 is 0 Å². The van der Waals surface area contributed by atoms with E-state index in [4.69, 9.17) is 28.2 Å². The van der Waals surface area contributed by atoms with Crippen molar-refractivity contribution in [3.8, 4) is 0 Å². The Kier molecular flexibility index (Phi) is 7.61. The lowest BCUT2D eigenvalue weighted by Gasteiger charge is -2.37. The number of β-amino-alcohol motifs (C(OH)–C–C–N with tert-alkyl or cyclic N) is 1. The van der Waals surface area contributed by atoms with Crippen LogP contribution in [0.4, 0.5) is 0 Å². The molecule has 0 aromatic heterocycles. The molecule has 1 amide bonds. The molecule has 2 aromatic carbocycles. The molecule has 0 saturated carbocycles.